The van der Waals surface area contributed by atoms with Crippen LogP contribution in [0.25, 0.3) is 0 Å². The Balaban J connectivity index is 0.00000220. The molecule has 0 aromatic heterocycles. The van der Waals surface area contributed by atoms with Gasteiger partial charge >= 0.3 is 0 Å². The molecule has 124 valence electrons. The van der Waals surface area contributed by atoms with Gasteiger partial charge in [0.2, 0.25) is 5.91 Å². The van der Waals surface area contributed by atoms with Crippen LogP contribution in [0.2, 0.25) is 0 Å². The van der Waals surface area contributed by atoms with Crippen LogP contribution in [0.15, 0.2) is 0 Å². The molecule has 1 atom stereocenters. The van der Waals surface area contributed by atoms with Crippen molar-refractivity contribution in [1.82, 2.24) is 15.1 Å². The topological polar surface area (TPSA) is 44.8 Å². The molecule has 0 aromatic carbocycles. The predicted molar refractivity (Wildman–Crippen MR) is 86.9 cm³/mol. The fraction of sp³-hybridized carbons (Fsp3) is 0.933. The van der Waals surface area contributed by atoms with Crippen molar-refractivity contribution in [2.75, 3.05) is 53.0 Å². The fourth-order valence-corrected chi connectivity index (χ4v) is 3.31. The normalized spacial score (nSPS) is 24.7. The van der Waals surface area contributed by atoms with E-state index in [0.717, 1.165) is 65.1 Å². The Labute approximate surface area is 134 Å². The number of methoxy groups -OCH3 is 1. The highest BCUT2D eigenvalue weighted by Gasteiger charge is 2.32. The summed E-state index contributed by atoms with van der Waals surface area (Å²) in [7, 11) is 1.75. The largest absolute Gasteiger partial charge is 0.383 e. The second kappa shape index (κ2) is 9.62. The van der Waals surface area contributed by atoms with Crippen LogP contribution >= 0.6 is 12.4 Å². The van der Waals surface area contributed by atoms with Gasteiger partial charge in [-0.25, -0.2) is 0 Å². The highest BCUT2D eigenvalue weighted by atomic mass is 35.5. The van der Waals surface area contributed by atoms with Crippen LogP contribution in [0.1, 0.15) is 26.2 Å². The maximum absolute atomic E-state index is 12.6. The minimum atomic E-state index is 0. The van der Waals surface area contributed by atoms with Crippen molar-refractivity contribution in [2.24, 2.45) is 5.92 Å². The van der Waals surface area contributed by atoms with E-state index in [-0.39, 0.29) is 18.3 Å². The Bertz CT molecular complexity index is 311. The van der Waals surface area contributed by atoms with E-state index in [0.29, 0.717) is 11.9 Å². The Morgan fingerprint density at radius 2 is 2.00 bits per heavy atom. The van der Waals surface area contributed by atoms with Gasteiger partial charge < -0.3 is 15.0 Å². The number of hydrogen-bond donors (Lipinski definition) is 1. The molecule has 0 bridgehead atoms. The van der Waals surface area contributed by atoms with Gasteiger partial charge in [0.05, 0.1) is 6.61 Å². The van der Waals surface area contributed by atoms with E-state index >= 15 is 0 Å². The van der Waals surface area contributed by atoms with Crippen LogP contribution in [-0.2, 0) is 9.53 Å². The van der Waals surface area contributed by atoms with E-state index in [1.807, 2.05) is 0 Å². The molecule has 0 radical (unpaired) electrons. The molecule has 1 N–H and O–H groups in total. The number of piperazine rings is 1. The SMILES string of the molecule is CCC1CN(C(=O)C2CCNCC2)CCN1CCOC.Cl. The standard InChI is InChI=1S/C15H29N3O2.ClH/c1-3-14-12-18(9-8-17(14)10-11-20-2)15(19)13-4-6-16-7-5-13;/h13-14,16H,3-12H2,1-2H3;1H. The summed E-state index contributed by atoms with van der Waals surface area (Å²) in [6.07, 6.45) is 3.10. The van der Waals surface area contributed by atoms with Gasteiger partial charge in [-0.15, -0.1) is 12.4 Å². The van der Waals surface area contributed by atoms with E-state index in [1.54, 1.807) is 7.11 Å². The fourth-order valence-electron chi connectivity index (χ4n) is 3.31. The van der Waals surface area contributed by atoms with Crippen molar-refractivity contribution in [1.29, 1.82) is 0 Å². The van der Waals surface area contributed by atoms with Crippen molar-refractivity contribution in [3.8, 4) is 0 Å². The first-order valence-electron chi connectivity index (χ1n) is 7.98. The van der Waals surface area contributed by atoms with E-state index in [1.165, 1.54) is 0 Å². The van der Waals surface area contributed by atoms with Crippen LogP contribution in [0.4, 0.5) is 0 Å². The lowest BCUT2D eigenvalue weighted by atomic mass is 9.95. The van der Waals surface area contributed by atoms with E-state index in [4.69, 9.17) is 4.74 Å². The molecule has 1 amide bonds. The maximum atomic E-state index is 12.6. The Kier molecular flexibility index (Phi) is 8.56. The van der Waals surface area contributed by atoms with Crippen LogP contribution in [0, 0.1) is 5.92 Å². The molecule has 21 heavy (non-hydrogen) atoms. The summed E-state index contributed by atoms with van der Waals surface area (Å²) in [4.78, 5) is 17.2. The van der Waals surface area contributed by atoms with Crippen LogP contribution in [0.3, 0.4) is 0 Å². The van der Waals surface area contributed by atoms with Crippen LogP contribution in [0.5, 0.6) is 0 Å². The average Bonchev–Trinajstić information content (AvgIpc) is 2.52. The molecule has 5 nitrogen and oxygen atoms in total. The highest BCUT2D eigenvalue weighted by molar-refractivity contribution is 5.85. The van der Waals surface area contributed by atoms with E-state index in [9.17, 15) is 4.79 Å². The highest BCUT2D eigenvalue weighted by Crippen LogP contribution is 2.19. The Morgan fingerprint density at radius 1 is 1.29 bits per heavy atom. The molecule has 0 spiro atoms. The first-order valence-corrected chi connectivity index (χ1v) is 7.98. The first-order chi connectivity index (χ1) is 9.76. The quantitative estimate of drug-likeness (QED) is 0.820. The number of carbonyl (C=O) groups is 1. The molecular formula is C15H30ClN3O2. The van der Waals surface area contributed by atoms with Crippen molar-refractivity contribution in [3.63, 3.8) is 0 Å². The zero-order valence-electron chi connectivity index (χ0n) is 13.3. The predicted octanol–water partition coefficient (Wildman–Crippen LogP) is 0.977. The molecule has 0 saturated carbocycles. The third-order valence-electron chi connectivity index (χ3n) is 4.66. The number of rotatable bonds is 5. The van der Waals surface area contributed by atoms with Gasteiger partial charge in [-0.1, -0.05) is 6.92 Å². The van der Waals surface area contributed by atoms with Crippen molar-refractivity contribution >= 4 is 18.3 Å². The summed E-state index contributed by atoms with van der Waals surface area (Å²) < 4.78 is 5.18. The number of piperidine rings is 1. The number of amides is 1. The first kappa shape index (κ1) is 18.7. The van der Waals surface area contributed by atoms with Crippen LogP contribution in [-0.4, -0.2) is 74.7 Å². The number of nitrogens with one attached hydrogen (secondary N) is 1. The molecule has 2 rings (SSSR count). The van der Waals surface area contributed by atoms with E-state index < -0.39 is 0 Å². The van der Waals surface area contributed by atoms with Gasteiger partial charge in [0.15, 0.2) is 0 Å². The summed E-state index contributed by atoms with van der Waals surface area (Å²) >= 11 is 0. The summed E-state index contributed by atoms with van der Waals surface area (Å²) in [6.45, 7) is 8.69. The minimum absolute atomic E-state index is 0. The molecule has 2 fully saturated rings. The minimum Gasteiger partial charge on any atom is -0.383 e. The second-order valence-electron chi connectivity index (χ2n) is 5.90. The van der Waals surface area contributed by atoms with E-state index in [2.05, 4.69) is 22.0 Å². The zero-order chi connectivity index (χ0) is 14.4. The molecule has 1 unspecified atom stereocenters. The molecule has 0 aliphatic carbocycles. The number of nitrogens with zero attached hydrogens (tertiary/aromatic N) is 2. The summed E-state index contributed by atoms with van der Waals surface area (Å²) in [5, 5.41) is 3.33. The summed E-state index contributed by atoms with van der Waals surface area (Å²) in [5.74, 6) is 0.635. The van der Waals surface area contributed by atoms with Crippen molar-refractivity contribution in [2.45, 2.75) is 32.2 Å². The molecule has 2 aliphatic rings. The summed E-state index contributed by atoms with van der Waals surface area (Å²) in [5.41, 5.74) is 0. The third kappa shape index (κ3) is 5.09. The number of carbonyl (C=O) groups excluding carboxylic acids is 1. The molecular weight excluding hydrogens is 290 g/mol. The molecule has 2 saturated heterocycles. The molecule has 2 aliphatic heterocycles. The smallest absolute Gasteiger partial charge is 0.225 e. The summed E-state index contributed by atoms with van der Waals surface area (Å²) in [6, 6.07) is 0.490. The van der Waals surface area contributed by atoms with Gasteiger partial charge in [-0.2, -0.15) is 0 Å². The maximum Gasteiger partial charge on any atom is 0.225 e. The third-order valence-corrected chi connectivity index (χ3v) is 4.66. The lowest BCUT2D eigenvalue weighted by Crippen LogP contribution is -2.56. The van der Waals surface area contributed by atoms with Gasteiger partial charge in [-0.3, -0.25) is 9.69 Å². The lowest BCUT2D eigenvalue weighted by Gasteiger charge is -2.42. The zero-order valence-corrected chi connectivity index (χ0v) is 14.2. The lowest BCUT2D eigenvalue weighted by molar-refractivity contribution is -0.139. The van der Waals surface area contributed by atoms with Gasteiger partial charge in [0.1, 0.15) is 0 Å². The Hall–Kier alpha value is -0.360. The number of ether oxygens (including phenoxy) is 1. The monoisotopic (exact) mass is 319 g/mol. The van der Waals surface area contributed by atoms with Crippen molar-refractivity contribution in [3.05, 3.63) is 0 Å². The van der Waals surface area contributed by atoms with Crippen molar-refractivity contribution < 1.29 is 9.53 Å². The van der Waals surface area contributed by atoms with Gasteiger partial charge in [0.25, 0.3) is 0 Å². The van der Waals surface area contributed by atoms with Gasteiger partial charge in [0, 0.05) is 45.2 Å². The molecule has 2 heterocycles. The second-order valence-corrected chi connectivity index (χ2v) is 5.90. The molecule has 0 aromatic rings. The number of hydrogen-bond acceptors (Lipinski definition) is 4. The average molecular weight is 320 g/mol. The number of halogens is 1. The molecule has 6 heteroatoms. The van der Waals surface area contributed by atoms with Gasteiger partial charge in [-0.05, 0) is 32.4 Å². The van der Waals surface area contributed by atoms with Crippen LogP contribution < -0.4 is 5.32 Å². The Morgan fingerprint density at radius 3 is 2.62 bits per heavy atom.